The van der Waals surface area contributed by atoms with Gasteiger partial charge in [-0.1, -0.05) is 25.5 Å². The third kappa shape index (κ3) is 5.80. The summed E-state index contributed by atoms with van der Waals surface area (Å²) in [7, 11) is -1.40. The second kappa shape index (κ2) is 11.2. The van der Waals surface area contributed by atoms with Gasteiger partial charge in [0.2, 0.25) is 11.0 Å². The van der Waals surface area contributed by atoms with Gasteiger partial charge in [0.15, 0.2) is 0 Å². The molecule has 1 aliphatic heterocycles. The Balaban J connectivity index is 1.48. The lowest BCUT2D eigenvalue weighted by Gasteiger charge is -2.28. The first kappa shape index (κ1) is 25.1. The van der Waals surface area contributed by atoms with Crippen LogP contribution in [0.3, 0.4) is 0 Å². The average molecular weight is 501 g/mol. The van der Waals surface area contributed by atoms with Crippen molar-refractivity contribution >= 4 is 34.2 Å². The monoisotopic (exact) mass is 500 g/mol. The maximum absolute atomic E-state index is 13.4. The van der Waals surface area contributed by atoms with E-state index >= 15 is 0 Å². The number of carboxylic acids is 1. The number of nitrogens with zero attached hydrogens (tertiary/aromatic N) is 3. The first-order chi connectivity index (χ1) is 16.9. The van der Waals surface area contributed by atoms with Gasteiger partial charge in [-0.05, 0) is 61.6 Å². The van der Waals surface area contributed by atoms with Crippen LogP contribution in [0.25, 0.3) is 0 Å². The number of carbonyl (C=O) groups is 2. The van der Waals surface area contributed by atoms with E-state index in [0.717, 1.165) is 44.2 Å². The van der Waals surface area contributed by atoms with Crippen LogP contribution >= 0.6 is 0 Å². The van der Waals surface area contributed by atoms with E-state index in [0.29, 0.717) is 18.2 Å². The van der Waals surface area contributed by atoms with E-state index in [-0.39, 0.29) is 47.3 Å². The smallest absolute Gasteiger partial charge is 0.303 e. The quantitative estimate of drug-likeness (QED) is 0.523. The van der Waals surface area contributed by atoms with Gasteiger partial charge >= 0.3 is 5.97 Å². The van der Waals surface area contributed by atoms with Crippen LogP contribution in [0.4, 0.5) is 11.5 Å². The van der Waals surface area contributed by atoms with Crippen molar-refractivity contribution in [3.8, 4) is 5.88 Å². The summed E-state index contributed by atoms with van der Waals surface area (Å²) in [5.41, 5.74) is 8.14. The fraction of sp³-hybridized carbons (Fsp3) is 0.520. The van der Waals surface area contributed by atoms with E-state index in [1.807, 2.05) is 31.2 Å². The highest BCUT2D eigenvalue weighted by molar-refractivity contribution is 7.84. The van der Waals surface area contributed by atoms with Crippen LogP contribution in [0.1, 0.15) is 73.7 Å². The predicted octanol–water partition coefficient (Wildman–Crippen LogP) is 3.75. The van der Waals surface area contributed by atoms with Crippen LogP contribution in [0, 0.1) is 5.92 Å². The zero-order chi connectivity index (χ0) is 24.9. The third-order valence-electron chi connectivity index (χ3n) is 6.77. The number of unbranched alkanes of at least 4 members (excludes halogenated alkanes) is 1. The Hall–Kier alpha value is -3.01. The Morgan fingerprint density at radius 2 is 1.91 bits per heavy atom. The first-order valence-corrected chi connectivity index (χ1v) is 13.5. The maximum Gasteiger partial charge on any atom is 0.303 e. The summed E-state index contributed by atoms with van der Waals surface area (Å²) < 4.78 is 18.2. The first-order valence-electron chi connectivity index (χ1n) is 12.2. The number of rotatable bonds is 8. The molecule has 188 valence electrons. The average Bonchev–Trinajstić information content (AvgIpc) is 3.01. The number of benzene rings is 1. The summed E-state index contributed by atoms with van der Waals surface area (Å²) in [6.45, 7) is 2.56. The summed E-state index contributed by atoms with van der Waals surface area (Å²) in [5.74, 6) is 0.0769. The number of anilines is 2. The molecule has 1 atom stereocenters. The molecular formula is C25H32N4O5S. The molecular weight excluding hydrogens is 468 g/mol. The zero-order valence-electron chi connectivity index (χ0n) is 19.9. The molecule has 0 bridgehead atoms. The van der Waals surface area contributed by atoms with Crippen LogP contribution < -0.4 is 15.4 Å². The normalized spacial score (nSPS) is 21.1. The summed E-state index contributed by atoms with van der Waals surface area (Å²) in [6.07, 6.45) is 5.70. The topological polar surface area (TPSA) is 136 Å². The molecule has 2 aliphatic rings. The molecule has 0 saturated heterocycles. The van der Waals surface area contributed by atoms with Crippen molar-refractivity contribution < 1.29 is 23.6 Å². The van der Waals surface area contributed by atoms with E-state index in [2.05, 4.69) is 9.97 Å². The second-order valence-electron chi connectivity index (χ2n) is 9.19. The molecule has 1 unspecified atom stereocenters. The van der Waals surface area contributed by atoms with Crippen molar-refractivity contribution in [2.24, 2.45) is 5.92 Å². The molecule has 0 spiro atoms. The van der Waals surface area contributed by atoms with Crippen LogP contribution in [-0.2, 0) is 15.6 Å². The molecule has 1 aromatic heterocycles. The van der Waals surface area contributed by atoms with Crippen LogP contribution in [0.5, 0.6) is 5.88 Å². The second-order valence-corrected chi connectivity index (χ2v) is 10.7. The van der Waals surface area contributed by atoms with Crippen molar-refractivity contribution in [3.63, 3.8) is 0 Å². The van der Waals surface area contributed by atoms with Crippen molar-refractivity contribution in [2.45, 2.75) is 62.9 Å². The number of carboxylic acid groups (broad SMARTS) is 1. The van der Waals surface area contributed by atoms with Gasteiger partial charge in [-0.2, -0.15) is 4.98 Å². The highest BCUT2D eigenvalue weighted by atomic mass is 32.2. The molecule has 3 N–H and O–H groups in total. The number of carbonyl (C=O) groups excluding carboxylic acids is 1. The highest BCUT2D eigenvalue weighted by Gasteiger charge is 2.31. The van der Waals surface area contributed by atoms with Crippen LogP contribution in [0.2, 0.25) is 0 Å². The minimum atomic E-state index is -1.40. The number of nitrogen functional groups attached to an aromatic ring is 1. The van der Waals surface area contributed by atoms with Gasteiger partial charge in [-0.3, -0.25) is 13.8 Å². The third-order valence-corrected chi connectivity index (χ3v) is 8.02. The summed E-state index contributed by atoms with van der Waals surface area (Å²) >= 11 is 0. The lowest BCUT2D eigenvalue weighted by atomic mass is 9.77. The lowest BCUT2D eigenvalue weighted by molar-refractivity contribution is -0.138. The van der Waals surface area contributed by atoms with Crippen molar-refractivity contribution in [3.05, 3.63) is 35.4 Å². The minimum absolute atomic E-state index is 0.0264. The van der Waals surface area contributed by atoms with Gasteiger partial charge in [0.05, 0.1) is 17.3 Å². The van der Waals surface area contributed by atoms with Gasteiger partial charge in [-0.15, -0.1) is 0 Å². The lowest BCUT2D eigenvalue weighted by Crippen LogP contribution is -2.32. The number of fused-ring (bicyclic) bond motifs is 1. The molecule has 2 heterocycles. The number of ether oxygens (including phenoxy) is 1. The maximum atomic E-state index is 13.4. The molecule has 1 amide bonds. The molecule has 9 nitrogen and oxygen atoms in total. The molecule has 0 radical (unpaired) electrons. The van der Waals surface area contributed by atoms with Gasteiger partial charge in [0.1, 0.15) is 18.0 Å². The Bertz CT molecular complexity index is 1100. The molecule has 2 aromatic rings. The van der Waals surface area contributed by atoms with Gasteiger partial charge in [0.25, 0.3) is 5.91 Å². The molecule has 1 aromatic carbocycles. The van der Waals surface area contributed by atoms with E-state index in [1.54, 1.807) is 4.90 Å². The number of hydrogen-bond acceptors (Lipinski definition) is 7. The fourth-order valence-electron chi connectivity index (χ4n) is 4.80. The summed E-state index contributed by atoms with van der Waals surface area (Å²) in [4.78, 5) is 34.4. The molecule has 1 saturated carbocycles. The number of aliphatic carboxylic acids is 1. The zero-order valence-corrected chi connectivity index (χ0v) is 20.8. The molecule has 35 heavy (non-hydrogen) atoms. The van der Waals surface area contributed by atoms with E-state index < -0.39 is 16.8 Å². The number of aromatic nitrogens is 2. The Morgan fingerprint density at radius 3 is 2.57 bits per heavy atom. The summed E-state index contributed by atoms with van der Waals surface area (Å²) in [5, 5.41) is 9.12. The van der Waals surface area contributed by atoms with E-state index in [1.165, 1.54) is 5.56 Å². The summed E-state index contributed by atoms with van der Waals surface area (Å²) in [6, 6.07) is 7.92. The molecule has 10 heteroatoms. The van der Waals surface area contributed by atoms with E-state index in [4.69, 9.17) is 15.6 Å². The molecule has 1 aliphatic carbocycles. The van der Waals surface area contributed by atoms with Gasteiger partial charge < -0.3 is 20.5 Å². The van der Waals surface area contributed by atoms with Crippen molar-refractivity contribution in [1.29, 1.82) is 0 Å². The molecule has 1 fully saturated rings. The number of amides is 1. The number of nitrogens with two attached hydrogens (primary N) is 1. The van der Waals surface area contributed by atoms with E-state index in [9.17, 15) is 13.8 Å². The largest absolute Gasteiger partial charge is 0.481 e. The Kier molecular flexibility index (Phi) is 8.00. The van der Waals surface area contributed by atoms with Gasteiger partial charge in [-0.25, -0.2) is 4.98 Å². The molecule has 4 rings (SSSR count). The van der Waals surface area contributed by atoms with Crippen LogP contribution in [-0.4, -0.2) is 50.1 Å². The van der Waals surface area contributed by atoms with Crippen LogP contribution in [0.15, 0.2) is 29.4 Å². The highest BCUT2D eigenvalue weighted by Crippen LogP contribution is 2.38. The Morgan fingerprint density at radius 1 is 1.20 bits per heavy atom. The Labute approximate surface area is 207 Å². The predicted molar refractivity (Wildman–Crippen MR) is 133 cm³/mol. The number of hydrogen-bond donors (Lipinski definition) is 2. The van der Waals surface area contributed by atoms with Gasteiger partial charge in [0, 0.05) is 17.9 Å². The minimum Gasteiger partial charge on any atom is -0.481 e. The fourth-order valence-corrected chi connectivity index (χ4v) is 5.92. The van der Waals surface area contributed by atoms with Crippen molar-refractivity contribution in [1.82, 2.24) is 9.97 Å². The SMILES string of the molecule is CCCCS(=O)c1nc(N)c2c(n1)OCCN(c1ccc(C3CCC(CC(=O)O)CC3)cc1)C2=O. The standard InChI is InChI=1S/C25H32N4O5S/c1-2-3-14-35(33)25-27-22(26)21-23(28-25)34-13-12-29(24(21)32)19-10-8-18(9-11-19)17-6-4-16(5-7-17)15-20(30)31/h8-11,16-17H,2-7,12-15H2,1H3,(H,30,31)(H2,26,27,28). The van der Waals surface area contributed by atoms with Crippen molar-refractivity contribution in [2.75, 3.05) is 29.5 Å².